The predicted molar refractivity (Wildman–Crippen MR) is 108 cm³/mol. The molecule has 28 heavy (non-hydrogen) atoms. The van der Waals surface area contributed by atoms with Crippen LogP contribution in [0.2, 0.25) is 0 Å². The van der Waals surface area contributed by atoms with Crippen molar-refractivity contribution in [3.8, 4) is 5.75 Å². The third-order valence-electron chi connectivity index (χ3n) is 5.94. The van der Waals surface area contributed by atoms with Gasteiger partial charge in [0.25, 0.3) is 11.8 Å². The van der Waals surface area contributed by atoms with E-state index in [9.17, 15) is 9.59 Å². The van der Waals surface area contributed by atoms with Gasteiger partial charge in [-0.1, -0.05) is 13.3 Å². The molecule has 2 fully saturated rings. The molecule has 0 radical (unpaired) electrons. The summed E-state index contributed by atoms with van der Waals surface area (Å²) in [7, 11) is 1.62. The summed E-state index contributed by atoms with van der Waals surface area (Å²) in [5.74, 6) is 1.05. The number of carbonyl (C=O) groups is 2. The van der Waals surface area contributed by atoms with Crippen LogP contribution in [0.1, 0.15) is 51.9 Å². The van der Waals surface area contributed by atoms with E-state index in [-0.39, 0.29) is 18.4 Å². The van der Waals surface area contributed by atoms with Crippen LogP contribution in [0.3, 0.4) is 0 Å². The molecule has 1 heterocycles. The number of carbonyl (C=O) groups excluding carboxylic acids is 2. The molecular weight excluding hydrogens is 356 g/mol. The molecule has 0 spiro atoms. The molecule has 0 bridgehead atoms. The summed E-state index contributed by atoms with van der Waals surface area (Å²) in [5.41, 5.74) is -0.0393. The second-order valence-corrected chi connectivity index (χ2v) is 8.11. The topological polar surface area (TPSA) is 67.9 Å². The highest BCUT2D eigenvalue weighted by molar-refractivity contribution is 5.97. The molecule has 1 aliphatic carbocycles. The molecule has 2 amide bonds. The highest BCUT2D eigenvalue weighted by atomic mass is 16.5. The monoisotopic (exact) mass is 388 g/mol. The van der Waals surface area contributed by atoms with Gasteiger partial charge in [-0.25, -0.2) is 0 Å². The summed E-state index contributed by atoms with van der Waals surface area (Å²) in [6.45, 7) is 3.87. The van der Waals surface area contributed by atoms with Crippen LogP contribution in [-0.2, 0) is 14.3 Å². The minimum absolute atomic E-state index is 0.0329. The fraction of sp³-hybridized carbons (Fsp3) is 0.636. The van der Waals surface area contributed by atoms with Gasteiger partial charge < -0.3 is 19.7 Å². The molecule has 154 valence electrons. The van der Waals surface area contributed by atoms with Crippen molar-refractivity contribution in [2.45, 2.75) is 57.5 Å². The maximum atomic E-state index is 12.8. The maximum Gasteiger partial charge on any atom is 0.260 e. The van der Waals surface area contributed by atoms with Gasteiger partial charge in [0.2, 0.25) is 0 Å². The SMILES string of the molecule is CO[C@]1(C(=O)Nc2ccc(OCC(=O)N3CCCCC3)cc2)CCC[C@H](C)C1. The zero-order valence-electron chi connectivity index (χ0n) is 17.0. The first-order chi connectivity index (χ1) is 13.5. The number of rotatable bonds is 6. The lowest BCUT2D eigenvalue weighted by Gasteiger charge is -2.37. The summed E-state index contributed by atoms with van der Waals surface area (Å²) in [5, 5.41) is 2.97. The van der Waals surface area contributed by atoms with Crippen molar-refractivity contribution in [3.63, 3.8) is 0 Å². The number of anilines is 1. The maximum absolute atomic E-state index is 12.8. The molecular formula is C22H32N2O4. The van der Waals surface area contributed by atoms with Crippen LogP contribution in [-0.4, -0.2) is 49.1 Å². The summed E-state index contributed by atoms with van der Waals surface area (Å²) in [4.78, 5) is 26.9. The fourth-order valence-corrected chi connectivity index (χ4v) is 4.25. The van der Waals surface area contributed by atoms with E-state index >= 15 is 0 Å². The van der Waals surface area contributed by atoms with Crippen LogP contribution in [0, 0.1) is 5.92 Å². The van der Waals surface area contributed by atoms with Crippen LogP contribution in [0.15, 0.2) is 24.3 Å². The normalized spacial score (nSPS) is 25.2. The van der Waals surface area contributed by atoms with Gasteiger partial charge >= 0.3 is 0 Å². The number of amides is 2. The Morgan fingerprint density at radius 3 is 2.50 bits per heavy atom. The Morgan fingerprint density at radius 1 is 1.14 bits per heavy atom. The summed E-state index contributed by atoms with van der Waals surface area (Å²) in [6.07, 6.45) is 6.97. The van der Waals surface area contributed by atoms with Crippen molar-refractivity contribution in [3.05, 3.63) is 24.3 Å². The van der Waals surface area contributed by atoms with Gasteiger partial charge in [0.15, 0.2) is 6.61 Å². The highest BCUT2D eigenvalue weighted by Gasteiger charge is 2.41. The number of piperidine rings is 1. The lowest BCUT2D eigenvalue weighted by molar-refractivity contribution is -0.143. The van der Waals surface area contributed by atoms with Crippen molar-refractivity contribution >= 4 is 17.5 Å². The number of methoxy groups -OCH3 is 1. The molecule has 6 nitrogen and oxygen atoms in total. The van der Waals surface area contributed by atoms with Crippen LogP contribution >= 0.6 is 0 Å². The molecule has 0 aromatic heterocycles. The van der Waals surface area contributed by atoms with Gasteiger partial charge in [-0.05, 0) is 68.7 Å². The molecule has 1 aliphatic heterocycles. The van der Waals surface area contributed by atoms with Crippen LogP contribution in [0.5, 0.6) is 5.75 Å². The number of hydrogen-bond acceptors (Lipinski definition) is 4. The zero-order valence-corrected chi connectivity index (χ0v) is 17.0. The standard InChI is InChI=1S/C22H32N2O4/c1-17-7-6-12-22(15-17,27-2)21(26)23-18-8-10-19(11-9-18)28-16-20(25)24-13-4-3-5-14-24/h8-11,17H,3-7,12-16H2,1-2H3,(H,23,26)/t17-,22+/m0/s1. The largest absolute Gasteiger partial charge is 0.484 e. The Bertz CT molecular complexity index is 670. The van der Waals surface area contributed by atoms with E-state index < -0.39 is 5.60 Å². The quantitative estimate of drug-likeness (QED) is 0.808. The number of hydrogen-bond donors (Lipinski definition) is 1. The lowest BCUT2D eigenvalue weighted by atomic mass is 9.78. The van der Waals surface area contributed by atoms with Crippen LogP contribution in [0.25, 0.3) is 0 Å². The first-order valence-corrected chi connectivity index (χ1v) is 10.4. The number of ether oxygens (including phenoxy) is 2. The first kappa shape index (κ1) is 20.6. The summed E-state index contributed by atoms with van der Waals surface area (Å²) in [6, 6.07) is 7.16. The van der Waals surface area contributed by atoms with Crippen molar-refractivity contribution in [2.24, 2.45) is 5.92 Å². The number of benzene rings is 1. The van der Waals surface area contributed by atoms with Crippen LogP contribution in [0.4, 0.5) is 5.69 Å². The summed E-state index contributed by atoms with van der Waals surface area (Å²) >= 11 is 0. The molecule has 2 atom stereocenters. The molecule has 6 heteroatoms. The second kappa shape index (κ2) is 9.41. The Morgan fingerprint density at radius 2 is 1.86 bits per heavy atom. The average Bonchev–Trinajstić information content (AvgIpc) is 2.73. The van der Waals surface area contributed by atoms with E-state index in [0.717, 1.165) is 51.6 Å². The van der Waals surface area contributed by atoms with Crippen molar-refractivity contribution < 1.29 is 19.1 Å². The summed E-state index contributed by atoms with van der Waals surface area (Å²) < 4.78 is 11.3. The Balaban J connectivity index is 1.52. The molecule has 2 aliphatic rings. The zero-order chi connectivity index (χ0) is 20.0. The number of nitrogens with zero attached hydrogens (tertiary/aromatic N) is 1. The van der Waals surface area contributed by atoms with E-state index in [4.69, 9.17) is 9.47 Å². The fourth-order valence-electron chi connectivity index (χ4n) is 4.25. The molecule has 1 N–H and O–H groups in total. The van der Waals surface area contributed by atoms with E-state index in [0.29, 0.717) is 17.4 Å². The first-order valence-electron chi connectivity index (χ1n) is 10.4. The molecule has 3 rings (SSSR count). The molecule has 1 saturated heterocycles. The predicted octanol–water partition coefficient (Wildman–Crippen LogP) is 3.61. The Hall–Kier alpha value is -2.08. The van der Waals surface area contributed by atoms with Crippen molar-refractivity contribution in [2.75, 3.05) is 32.1 Å². The number of nitrogens with one attached hydrogen (secondary N) is 1. The van der Waals surface area contributed by atoms with E-state index in [2.05, 4.69) is 12.2 Å². The van der Waals surface area contributed by atoms with Crippen molar-refractivity contribution in [1.29, 1.82) is 0 Å². The van der Waals surface area contributed by atoms with Crippen LogP contribution < -0.4 is 10.1 Å². The third kappa shape index (κ3) is 5.04. The lowest BCUT2D eigenvalue weighted by Crippen LogP contribution is -2.47. The molecule has 1 saturated carbocycles. The highest BCUT2D eigenvalue weighted by Crippen LogP contribution is 2.35. The Kier molecular flexibility index (Phi) is 6.94. The Labute approximate surface area is 167 Å². The minimum atomic E-state index is -0.742. The van der Waals surface area contributed by atoms with Gasteiger partial charge in [-0.3, -0.25) is 9.59 Å². The molecule has 1 aromatic carbocycles. The van der Waals surface area contributed by atoms with Gasteiger partial charge in [0.1, 0.15) is 11.4 Å². The van der Waals surface area contributed by atoms with E-state index in [1.165, 1.54) is 6.42 Å². The van der Waals surface area contributed by atoms with E-state index in [1.807, 2.05) is 4.90 Å². The van der Waals surface area contributed by atoms with Gasteiger partial charge in [0.05, 0.1) is 0 Å². The van der Waals surface area contributed by atoms with Gasteiger partial charge in [0, 0.05) is 25.9 Å². The third-order valence-corrected chi connectivity index (χ3v) is 5.94. The second-order valence-electron chi connectivity index (χ2n) is 8.11. The smallest absolute Gasteiger partial charge is 0.260 e. The van der Waals surface area contributed by atoms with Gasteiger partial charge in [-0.2, -0.15) is 0 Å². The number of likely N-dealkylation sites (tertiary alicyclic amines) is 1. The van der Waals surface area contributed by atoms with E-state index in [1.54, 1.807) is 31.4 Å². The average molecular weight is 389 g/mol. The minimum Gasteiger partial charge on any atom is -0.484 e. The molecule has 1 aromatic rings. The van der Waals surface area contributed by atoms with Gasteiger partial charge in [-0.15, -0.1) is 0 Å². The molecule has 0 unspecified atom stereocenters. The van der Waals surface area contributed by atoms with Crippen molar-refractivity contribution in [1.82, 2.24) is 4.90 Å².